The minimum Gasteiger partial charge on any atom is -0.352 e. The highest BCUT2D eigenvalue weighted by atomic mass is 35.5. The Kier molecular flexibility index (Phi) is 10.5. The number of rotatable bonds is 10. The van der Waals surface area contributed by atoms with E-state index < -0.39 is 28.5 Å². The molecule has 0 aromatic heterocycles. The summed E-state index contributed by atoms with van der Waals surface area (Å²) < 4.78 is 26.3. The van der Waals surface area contributed by atoms with E-state index >= 15 is 0 Å². The minimum atomic E-state index is -3.94. The van der Waals surface area contributed by atoms with E-state index in [-0.39, 0.29) is 39.2 Å². The number of hydrogen-bond donors (Lipinski definition) is 1. The van der Waals surface area contributed by atoms with Crippen molar-refractivity contribution in [2.45, 2.75) is 57.5 Å². The van der Waals surface area contributed by atoms with Gasteiger partial charge in [0.15, 0.2) is 0 Å². The van der Waals surface area contributed by atoms with Crippen LogP contribution in [0.2, 0.25) is 15.1 Å². The maximum atomic E-state index is 13.6. The van der Waals surface area contributed by atoms with Crippen molar-refractivity contribution in [3.05, 3.63) is 63.1 Å². The molecule has 0 bridgehead atoms. The van der Waals surface area contributed by atoms with E-state index in [9.17, 15) is 18.0 Å². The summed E-state index contributed by atoms with van der Waals surface area (Å²) in [5, 5.41) is 3.37. The summed E-state index contributed by atoms with van der Waals surface area (Å²) in [6.45, 7) is 1.35. The Morgan fingerprint density at radius 3 is 2.24 bits per heavy atom. The molecule has 1 saturated carbocycles. The number of anilines is 1. The average molecular weight is 589 g/mol. The molecule has 202 valence electrons. The zero-order valence-electron chi connectivity index (χ0n) is 20.9. The van der Waals surface area contributed by atoms with Gasteiger partial charge >= 0.3 is 0 Å². The number of benzene rings is 2. The van der Waals surface area contributed by atoms with Crippen LogP contribution in [-0.4, -0.2) is 56.6 Å². The lowest BCUT2D eigenvalue weighted by molar-refractivity contribution is -0.139. The van der Waals surface area contributed by atoms with Gasteiger partial charge in [-0.2, -0.15) is 0 Å². The molecule has 2 aromatic carbocycles. The zero-order chi connectivity index (χ0) is 27.2. The highest BCUT2D eigenvalue weighted by Crippen LogP contribution is 2.35. The largest absolute Gasteiger partial charge is 0.352 e. The van der Waals surface area contributed by atoms with Gasteiger partial charge in [0.25, 0.3) is 0 Å². The third kappa shape index (κ3) is 8.24. The second kappa shape index (κ2) is 13.2. The number of nitrogens with zero attached hydrogens (tertiary/aromatic N) is 2. The van der Waals surface area contributed by atoms with E-state index in [2.05, 4.69) is 5.32 Å². The Hall–Kier alpha value is -2.00. The van der Waals surface area contributed by atoms with Gasteiger partial charge in [0.05, 0.1) is 27.0 Å². The second-order valence-electron chi connectivity index (χ2n) is 9.33. The molecule has 0 saturated heterocycles. The van der Waals surface area contributed by atoms with Crippen LogP contribution < -0.4 is 9.62 Å². The quantitative estimate of drug-likeness (QED) is 0.381. The molecule has 3 rings (SSSR count). The molecular formula is C26H32Cl3N3O4S. The fraction of sp³-hybridized carbons (Fsp3) is 0.462. The van der Waals surface area contributed by atoms with Crippen molar-refractivity contribution >= 4 is 62.3 Å². The maximum absolute atomic E-state index is 13.6. The lowest BCUT2D eigenvalue weighted by atomic mass is 9.95. The normalized spacial score (nSPS) is 15.2. The molecule has 7 nitrogen and oxygen atoms in total. The topological polar surface area (TPSA) is 86.8 Å². The molecule has 2 amide bonds. The standard InChI is InChI=1S/C26H32Cl3N3O4S/c1-18(26(34)30-20-11-7-4-8-12-20)31(14-13-19-9-5-3-6-10-19)25(33)17-32(37(2,35)36)24-16-22(28)21(27)15-23(24)29/h3,5-6,9-10,15-16,18,20H,4,7-8,11-14,17H2,1-2H3,(H,30,34)/t18-/m1/s1. The van der Waals surface area contributed by atoms with Gasteiger partial charge in [-0.1, -0.05) is 84.4 Å². The van der Waals surface area contributed by atoms with Gasteiger partial charge in [-0.05, 0) is 43.9 Å². The number of carbonyl (C=O) groups excluding carboxylic acids is 2. The summed E-state index contributed by atoms with van der Waals surface area (Å²) in [6, 6.07) is 11.5. The molecule has 2 aromatic rings. The smallest absolute Gasteiger partial charge is 0.244 e. The monoisotopic (exact) mass is 587 g/mol. The first kappa shape index (κ1) is 29.6. The van der Waals surface area contributed by atoms with Crippen molar-refractivity contribution in [3.63, 3.8) is 0 Å². The molecular weight excluding hydrogens is 557 g/mol. The predicted octanol–water partition coefficient (Wildman–Crippen LogP) is 5.32. The highest BCUT2D eigenvalue weighted by molar-refractivity contribution is 7.92. The first-order chi connectivity index (χ1) is 17.5. The van der Waals surface area contributed by atoms with Crippen molar-refractivity contribution in [3.8, 4) is 0 Å². The van der Waals surface area contributed by atoms with Gasteiger partial charge in [0.1, 0.15) is 12.6 Å². The molecule has 0 heterocycles. The fourth-order valence-electron chi connectivity index (χ4n) is 4.44. The Labute approximate surface area is 234 Å². The highest BCUT2D eigenvalue weighted by Gasteiger charge is 2.31. The van der Waals surface area contributed by atoms with Gasteiger partial charge in [-0.15, -0.1) is 0 Å². The van der Waals surface area contributed by atoms with E-state index in [0.29, 0.717) is 6.42 Å². The third-order valence-electron chi connectivity index (χ3n) is 6.54. The lowest BCUT2D eigenvalue weighted by Gasteiger charge is -2.33. The summed E-state index contributed by atoms with van der Waals surface area (Å²) in [5.41, 5.74) is 1.03. The van der Waals surface area contributed by atoms with Crippen LogP contribution in [0, 0.1) is 0 Å². The maximum Gasteiger partial charge on any atom is 0.244 e. The van der Waals surface area contributed by atoms with Crippen LogP contribution in [0.15, 0.2) is 42.5 Å². The first-order valence-corrected chi connectivity index (χ1v) is 15.2. The summed E-state index contributed by atoms with van der Waals surface area (Å²) in [5.74, 6) is -0.790. The Bertz CT molecular complexity index is 1210. The fourth-order valence-corrected chi connectivity index (χ4v) is 5.98. The molecule has 11 heteroatoms. The number of amides is 2. The van der Waals surface area contributed by atoms with Gasteiger partial charge in [0, 0.05) is 12.6 Å². The summed E-state index contributed by atoms with van der Waals surface area (Å²) in [6.07, 6.45) is 6.57. The summed E-state index contributed by atoms with van der Waals surface area (Å²) in [7, 11) is -3.94. The van der Waals surface area contributed by atoms with Gasteiger partial charge in [0.2, 0.25) is 21.8 Å². The Morgan fingerprint density at radius 2 is 1.62 bits per heavy atom. The number of carbonyl (C=O) groups is 2. The first-order valence-electron chi connectivity index (χ1n) is 12.2. The molecule has 1 N–H and O–H groups in total. The number of halogens is 3. The van der Waals surface area contributed by atoms with Gasteiger partial charge in [-0.3, -0.25) is 13.9 Å². The molecule has 37 heavy (non-hydrogen) atoms. The van der Waals surface area contributed by atoms with E-state index in [1.807, 2.05) is 30.3 Å². The molecule has 0 radical (unpaired) electrons. The molecule has 1 aliphatic rings. The summed E-state index contributed by atoms with van der Waals surface area (Å²) >= 11 is 18.4. The van der Waals surface area contributed by atoms with E-state index in [4.69, 9.17) is 34.8 Å². The van der Waals surface area contributed by atoms with E-state index in [1.165, 1.54) is 17.0 Å². The number of nitrogens with one attached hydrogen (secondary N) is 1. The minimum absolute atomic E-state index is 0.0338. The van der Waals surface area contributed by atoms with Crippen molar-refractivity contribution in [1.29, 1.82) is 0 Å². The lowest BCUT2D eigenvalue weighted by Crippen LogP contribution is -2.53. The van der Waals surface area contributed by atoms with Crippen LogP contribution in [-0.2, 0) is 26.0 Å². The number of hydrogen-bond acceptors (Lipinski definition) is 4. The van der Waals surface area contributed by atoms with Crippen molar-refractivity contribution < 1.29 is 18.0 Å². The Morgan fingerprint density at radius 1 is 1.00 bits per heavy atom. The summed E-state index contributed by atoms with van der Waals surface area (Å²) in [4.78, 5) is 28.2. The van der Waals surface area contributed by atoms with E-state index in [1.54, 1.807) is 6.92 Å². The SMILES string of the molecule is C[C@H](C(=O)NC1CCCCC1)N(CCc1ccccc1)C(=O)CN(c1cc(Cl)c(Cl)cc1Cl)S(C)(=O)=O. The van der Waals surface area contributed by atoms with Crippen LogP contribution in [0.25, 0.3) is 0 Å². The second-order valence-corrected chi connectivity index (χ2v) is 12.5. The van der Waals surface area contributed by atoms with Crippen LogP contribution in [0.5, 0.6) is 0 Å². The predicted molar refractivity (Wildman–Crippen MR) is 150 cm³/mol. The molecule has 1 aliphatic carbocycles. The van der Waals surface area contributed by atoms with Crippen LogP contribution in [0.1, 0.15) is 44.6 Å². The van der Waals surface area contributed by atoms with Crippen molar-refractivity contribution in [2.75, 3.05) is 23.7 Å². The average Bonchev–Trinajstić information content (AvgIpc) is 2.85. The van der Waals surface area contributed by atoms with Crippen LogP contribution >= 0.6 is 34.8 Å². The molecule has 1 atom stereocenters. The van der Waals surface area contributed by atoms with Crippen LogP contribution in [0.4, 0.5) is 5.69 Å². The molecule has 0 spiro atoms. The number of sulfonamides is 1. The van der Waals surface area contributed by atoms with Crippen molar-refractivity contribution in [1.82, 2.24) is 10.2 Å². The van der Waals surface area contributed by atoms with Gasteiger partial charge in [-0.25, -0.2) is 8.42 Å². The molecule has 1 fully saturated rings. The van der Waals surface area contributed by atoms with Crippen LogP contribution in [0.3, 0.4) is 0 Å². The molecule has 0 aliphatic heterocycles. The Balaban J connectivity index is 1.86. The third-order valence-corrected chi connectivity index (χ3v) is 8.69. The van der Waals surface area contributed by atoms with Gasteiger partial charge < -0.3 is 10.2 Å². The van der Waals surface area contributed by atoms with Crippen molar-refractivity contribution in [2.24, 2.45) is 0 Å². The van der Waals surface area contributed by atoms with E-state index in [0.717, 1.165) is 48.2 Å². The zero-order valence-corrected chi connectivity index (χ0v) is 24.0. The molecule has 0 unspecified atom stereocenters.